The minimum Gasteiger partial charge on any atom is -0.480 e. The highest BCUT2D eigenvalue weighted by Gasteiger charge is 2.72. The third-order valence-corrected chi connectivity index (χ3v) is 14.4. The van der Waals surface area contributed by atoms with Gasteiger partial charge < -0.3 is 87.3 Å². The molecule has 2 aliphatic rings. The van der Waals surface area contributed by atoms with Gasteiger partial charge in [-0.3, -0.25) is 28.8 Å². The normalized spacial score (nSPS) is 33.0. The number of anilines is 2. The van der Waals surface area contributed by atoms with E-state index in [9.17, 15) is 79.5 Å². The Morgan fingerprint density at radius 2 is 0.849 bits per heavy atom. The largest absolute Gasteiger partial charge is 0.480 e. The second-order valence-corrected chi connectivity index (χ2v) is 19.9. The van der Waals surface area contributed by atoms with E-state index in [0.29, 0.717) is 11.4 Å². The van der Waals surface area contributed by atoms with Crippen LogP contribution in [0.3, 0.4) is 0 Å². The number of hydrogen-bond donors (Lipinski definition) is 15. The van der Waals surface area contributed by atoms with Crippen LogP contribution in [-0.4, -0.2) is 169 Å². The molecule has 2 fully saturated rings. The SMILES string of the molecule is CCc1ccc(NC(=O)C(CCC(NC(C)=O)C(=O)O)NC(=O)C2O[C@@](C)(O)C(C)(O)C(C)(O)[C@]2(C)O)cc1.CCc1ccc(NC(=O)C(CNC(=O)C2O[C@@](C)(O)C(C)(O)C(C)(O)[C@]2(C)O)NC(C)=O)cc1. The van der Waals surface area contributed by atoms with Crippen LogP contribution in [0.4, 0.5) is 11.4 Å². The van der Waals surface area contributed by atoms with Gasteiger partial charge >= 0.3 is 5.97 Å². The summed E-state index contributed by atoms with van der Waals surface area (Å²) in [6.45, 7) is 14.3. The fraction of sp³-hybridized carbons (Fsp3) is 0.612. The van der Waals surface area contributed by atoms with E-state index in [2.05, 4.69) is 31.9 Å². The lowest BCUT2D eigenvalue weighted by atomic mass is 9.65. The van der Waals surface area contributed by atoms with Gasteiger partial charge in [0.2, 0.25) is 23.6 Å². The van der Waals surface area contributed by atoms with Gasteiger partial charge in [-0.05, 0) is 116 Å². The number of carboxylic acids is 1. The molecule has 408 valence electrons. The molecule has 2 saturated heterocycles. The van der Waals surface area contributed by atoms with E-state index in [1.165, 1.54) is 6.92 Å². The molecule has 2 aliphatic heterocycles. The van der Waals surface area contributed by atoms with Crippen LogP contribution >= 0.6 is 0 Å². The Morgan fingerprint density at radius 3 is 1.21 bits per heavy atom. The molecule has 2 heterocycles. The zero-order chi connectivity index (χ0) is 56.1. The molecule has 13 atom stereocenters. The first-order valence-corrected chi connectivity index (χ1v) is 23.6. The molecule has 15 N–H and O–H groups in total. The number of hydrogen-bond acceptors (Lipinski definition) is 17. The lowest BCUT2D eigenvalue weighted by molar-refractivity contribution is -0.414. The van der Waals surface area contributed by atoms with Crippen molar-refractivity contribution in [3.8, 4) is 0 Å². The Morgan fingerprint density at radius 1 is 0.507 bits per heavy atom. The topological polar surface area (TPSA) is 392 Å². The molecular weight excluding hydrogens is 961 g/mol. The zero-order valence-corrected chi connectivity index (χ0v) is 43.2. The van der Waals surface area contributed by atoms with Crippen LogP contribution in [0.2, 0.25) is 0 Å². The molecule has 2 aromatic rings. The van der Waals surface area contributed by atoms with Crippen molar-refractivity contribution < 1.29 is 89.0 Å². The van der Waals surface area contributed by atoms with Crippen molar-refractivity contribution in [2.24, 2.45) is 0 Å². The lowest BCUT2D eigenvalue weighted by Crippen LogP contribution is -2.82. The molecule has 6 amide bonds. The fourth-order valence-electron chi connectivity index (χ4n) is 8.14. The van der Waals surface area contributed by atoms with Crippen molar-refractivity contribution in [1.82, 2.24) is 21.3 Å². The highest BCUT2D eigenvalue weighted by molar-refractivity contribution is 5.99. The van der Waals surface area contributed by atoms with Gasteiger partial charge in [0.25, 0.3) is 11.8 Å². The number of carboxylic acid groups (broad SMARTS) is 1. The molecule has 24 nitrogen and oxygen atoms in total. The third kappa shape index (κ3) is 13.2. The molecule has 4 rings (SSSR count). The van der Waals surface area contributed by atoms with E-state index >= 15 is 0 Å². The summed E-state index contributed by atoms with van der Waals surface area (Å²) in [5, 5.41) is 111. The van der Waals surface area contributed by atoms with E-state index in [-0.39, 0.29) is 19.4 Å². The third-order valence-electron chi connectivity index (χ3n) is 14.4. The van der Waals surface area contributed by atoms with Gasteiger partial charge in [0.15, 0.2) is 23.8 Å². The molecule has 0 radical (unpaired) electrons. The molecular formula is C49H74N6O18. The number of rotatable bonds is 17. The van der Waals surface area contributed by atoms with Gasteiger partial charge in [-0.2, -0.15) is 0 Å². The Kier molecular flexibility index (Phi) is 19.3. The maximum atomic E-state index is 13.3. The van der Waals surface area contributed by atoms with Crippen LogP contribution in [0.15, 0.2) is 48.5 Å². The molecule has 0 aliphatic carbocycles. The second-order valence-electron chi connectivity index (χ2n) is 19.9. The second kappa shape index (κ2) is 22.8. The maximum absolute atomic E-state index is 13.3. The lowest BCUT2D eigenvalue weighted by Gasteiger charge is -2.59. The monoisotopic (exact) mass is 1030 g/mol. The number of nitrogens with one attached hydrogen (secondary N) is 6. The van der Waals surface area contributed by atoms with E-state index in [1.54, 1.807) is 36.4 Å². The summed E-state index contributed by atoms with van der Waals surface area (Å²) in [4.78, 5) is 86.8. The van der Waals surface area contributed by atoms with Crippen LogP contribution in [0.25, 0.3) is 0 Å². The van der Waals surface area contributed by atoms with Crippen molar-refractivity contribution in [3.05, 3.63) is 59.7 Å². The predicted molar refractivity (Wildman–Crippen MR) is 261 cm³/mol. The first kappa shape index (κ1) is 61.6. The molecule has 2 aromatic carbocycles. The van der Waals surface area contributed by atoms with Crippen molar-refractivity contribution >= 4 is 52.8 Å². The summed E-state index contributed by atoms with van der Waals surface area (Å²) in [6, 6.07) is 10.1. The van der Waals surface area contributed by atoms with Crippen LogP contribution < -0.4 is 31.9 Å². The quantitative estimate of drug-likeness (QED) is 0.0864. The molecule has 0 bridgehead atoms. The van der Waals surface area contributed by atoms with Crippen molar-refractivity contribution in [1.29, 1.82) is 0 Å². The van der Waals surface area contributed by atoms with Gasteiger partial charge in [0.05, 0.1) is 0 Å². The number of ether oxygens (including phenoxy) is 2. The fourth-order valence-corrected chi connectivity index (χ4v) is 8.14. The minimum absolute atomic E-state index is 0.256. The van der Waals surface area contributed by atoms with E-state index in [4.69, 9.17) is 9.47 Å². The Balaban J connectivity index is 0.000000389. The number of aliphatic carboxylic acids is 1. The molecule has 9 unspecified atom stereocenters. The van der Waals surface area contributed by atoms with Gasteiger partial charge in [-0.15, -0.1) is 0 Å². The van der Waals surface area contributed by atoms with E-state index in [0.717, 1.165) is 86.3 Å². The van der Waals surface area contributed by atoms with Crippen molar-refractivity contribution in [2.75, 3.05) is 17.2 Å². The Bertz CT molecular complexity index is 2330. The van der Waals surface area contributed by atoms with Gasteiger partial charge in [-0.25, -0.2) is 4.79 Å². The smallest absolute Gasteiger partial charge is 0.326 e. The first-order chi connectivity index (χ1) is 33.3. The molecule has 73 heavy (non-hydrogen) atoms. The van der Waals surface area contributed by atoms with Gasteiger partial charge in [-0.1, -0.05) is 38.1 Å². The number of amides is 6. The highest BCUT2D eigenvalue weighted by atomic mass is 16.7. The Hall–Kier alpha value is -5.67. The zero-order valence-electron chi connectivity index (χ0n) is 43.2. The van der Waals surface area contributed by atoms with Crippen molar-refractivity contribution in [3.63, 3.8) is 0 Å². The van der Waals surface area contributed by atoms with Crippen LogP contribution in [-0.2, 0) is 55.9 Å². The molecule has 0 aromatic heterocycles. The summed E-state index contributed by atoms with van der Waals surface area (Å²) < 4.78 is 10.6. The molecule has 0 saturated carbocycles. The summed E-state index contributed by atoms with van der Waals surface area (Å²) in [5.41, 5.74) is -11.4. The average Bonchev–Trinajstić information content (AvgIpc) is 3.28. The molecule has 24 heteroatoms. The maximum Gasteiger partial charge on any atom is 0.326 e. The van der Waals surface area contributed by atoms with Crippen LogP contribution in [0.5, 0.6) is 0 Å². The highest BCUT2D eigenvalue weighted by Crippen LogP contribution is 2.49. The average molecular weight is 1040 g/mol. The minimum atomic E-state index is -2.50. The molecule has 0 spiro atoms. The summed E-state index contributed by atoms with van der Waals surface area (Å²) in [6.07, 6.45) is -2.70. The number of benzene rings is 2. The number of aliphatic hydroxyl groups is 8. The first-order valence-electron chi connectivity index (χ1n) is 23.6. The van der Waals surface area contributed by atoms with E-state index in [1.807, 2.05) is 26.0 Å². The van der Waals surface area contributed by atoms with Crippen LogP contribution in [0.1, 0.15) is 107 Å². The predicted octanol–water partition coefficient (Wildman–Crippen LogP) is -1.43. The van der Waals surface area contributed by atoms with Gasteiger partial charge in [0, 0.05) is 31.8 Å². The number of carbonyl (C=O) groups excluding carboxylic acids is 6. The standard InChI is InChI=1S/C26H39N3O10.C23H35N3O8/c1-7-15-8-10-16(11-9-15)28-20(31)17(12-13-18(22(33)34)27-14(2)30)29-21(32)19-23(3,35)24(4,36)25(5,37)26(6,38)39-19;1-7-14-8-10-15(11-9-14)26-18(28)16(25-13(2)27)12-24-19(29)17-20(3,30)21(4,31)22(5,32)23(6,33)34-17/h8-11,17-19,35-38H,7,12-13H2,1-6H3,(H,27,30)(H,28,31)(H,29,32)(H,33,34);8-11,16-17,30-33H,7,12H2,1-6H3,(H,24,29)(H,25,27)(H,26,28)/t17?,18?,19?,23-,24?,25?,26-;16?,17?,20-,21?,22?,23-/m11/s1. The summed E-state index contributed by atoms with van der Waals surface area (Å²) in [7, 11) is 0. The summed E-state index contributed by atoms with van der Waals surface area (Å²) in [5.74, 6) is -10.8. The Labute approximate surface area is 423 Å². The van der Waals surface area contributed by atoms with Crippen LogP contribution in [0, 0.1) is 0 Å². The number of carbonyl (C=O) groups is 7. The van der Waals surface area contributed by atoms with Gasteiger partial charge in [0.1, 0.15) is 51.7 Å². The van der Waals surface area contributed by atoms with E-state index < -0.39 is 117 Å². The van der Waals surface area contributed by atoms with Crippen molar-refractivity contribution in [2.45, 2.75) is 184 Å². The summed E-state index contributed by atoms with van der Waals surface area (Å²) >= 11 is 0. The number of aryl methyl sites for hydroxylation is 2.